The smallest absolute Gasteiger partial charge is 0.256 e. The number of aromatic nitrogens is 3. The SMILES string of the molecule is N[C@H]1CCCCNc2nc(ncc2C(=O)NCc2ccccn2)NCCCCCCNC1=O. The van der Waals surface area contributed by atoms with Crippen LogP contribution < -0.4 is 27.0 Å². The number of nitrogens with zero attached hydrogens (tertiary/aromatic N) is 3. The summed E-state index contributed by atoms with van der Waals surface area (Å²) >= 11 is 0. The molecule has 2 amide bonds. The molecule has 0 radical (unpaired) electrons. The molecule has 1 aliphatic rings. The van der Waals surface area contributed by atoms with E-state index in [-0.39, 0.29) is 11.8 Å². The highest BCUT2D eigenvalue weighted by atomic mass is 16.2. The normalized spacial score (nSPS) is 18.6. The lowest BCUT2D eigenvalue weighted by atomic mass is 10.1. The first kappa shape index (κ1) is 24.4. The second-order valence-corrected chi connectivity index (χ2v) is 8.12. The number of nitrogens with two attached hydrogens (primary N) is 1. The molecule has 0 aromatic carbocycles. The Morgan fingerprint density at radius 2 is 1.76 bits per heavy atom. The van der Waals surface area contributed by atoms with Gasteiger partial charge >= 0.3 is 0 Å². The molecule has 0 spiro atoms. The maximum atomic E-state index is 12.8. The summed E-state index contributed by atoms with van der Waals surface area (Å²) in [5, 5.41) is 12.3. The van der Waals surface area contributed by atoms with Crippen molar-refractivity contribution in [2.45, 2.75) is 57.5 Å². The first-order valence-electron chi connectivity index (χ1n) is 11.7. The predicted octanol–water partition coefficient (Wildman–Crippen LogP) is 1.81. The molecule has 2 aromatic rings. The van der Waals surface area contributed by atoms with Gasteiger partial charge in [-0.25, -0.2) is 4.98 Å². The van der Waals surface area contributed by atoms with E-state index < -0.39 is 6.04 Å². The van der Waals surface area contributed by atoms with Gasteiger partial charge in [0.2, 0.25) is 11.9 Å². The minimum atomic E-state index is -0.494. The first-order chi connectivity index (χ1) is 16.1. The third-order valence-electron chi connectivity index (χ3n) is 5.45. The zero-order valence-electron chi connectivity index (χ0n) is 19.0. The summed E-state index contributed by atoms with van der Waals surface area (Å²) in [6.45, 7) is 2.32. The molecule has 178 valence electrons. The van der Waals surface area contributed by atoms with Crippen molar-refractivity contribution in [2.24, 2.45) is 5.73 Å². The monoisotopic (exact) mass is 454 g/mol. The van der Waals surface area contributed by atoms with Gasteiger partial charge in [0.15, 0.2) is 0 Å². The molecule has 3 rings (SSSR count). The van der Waals surface area contributed by atoms with Crippen LogP contribution >= 0.6 is 0 Å². The number of carbonyl (C=O) groups excluding carboxylic acids is 2. The molecule has 0 saturated carbocycles. The number of nitrogens with one attached hydrogen (secondary N) is 4. The Hall–Kier alpha value is -3.27. The van der Waals surface area contributed by atoms with E-state index in [0.717, 1.165) is 50.8 Å². The number of pyridine rings is 1. The molecule has 0 fully saturated rings. The van der Waals surface area contributed by atoms with Crippen LogP contribution in [0, 0.1) is 0 Å². The van der Waals surface area contributed by atoms with Gasteiger partial charge in [-0.05, 0) is 44.2 Å². The number of hydrogen-bond acceptors (Lipinski definition) is 8. The number of fused-ring (bicyclic) bond motifs is 2. The van der Waals surface area contributed by atoms with E-state index >= 15 is 0 Å². The van der Waals surface area contributed by atoms with Crippen molar-refractivity contribution in [1.29, 1.82) is 0 Å². The molecular weight excluding hydrogens is 420 g/mol. The van der Waals surface area contributed by atoms with Gasteiger partial charge in [0.1, 0.15) is 11.4 Å². The second kappa shape index (κ2) is 13.3. The summed E-state index contributed by atoms with van der Waals surface area (Å²) in [6, 6.07) is 5.07. The van der Waals surface area contributed by atoms with Crippen LogP contribution in [0.15, 0.2) is 30.6 Å². The summed E-state index contributed by atoms with van der Waals surface area (Å²) in [6.07, 6.45) is 9.40. The summed E-state index contributed by atoms with van der Waals surface area (Å²) in [5.41, 5.74) is 7.15. The highest BCUT2D eigenvalue weighted by molar-refractivity contribution is 5.98. The van der Waals surface area contributed by atoms with Crippen molar-refractivity contribution in [1.82, 2.24) is 25.6 Å². The lowest BCUT2D eigenvalue weighted by molar-refractivity contribution is -0.122. The summed E-state index contributed by atoms with van der Waals surface area (Å²) in [4.78, 5) is 38.0. The lowest BCUT2D eigenvalue weighted by Crippen LogP contribution is -2.40. The molecule has 1 aliphatic heterocycles. The zero-order valence-corrected chi connectivity index (χ0v) is 19.0. The molecule has 6 N–H and O–H groups in total. The molecule has 33 heavy (non-hydrogen) atoms. The number of anilines is 2. The van der Waals surface area contributed by atoms with Crippen molar-refractivity contribution in [2.75, 3.05) is 30.3 Å². The predicted molar refractivity (Wildman–Crippen MR) is 128 cm³/mol. The molecule has 0 aliphatic carbocycles. The second-order valence-electron chi connectivity index (χ2n) is 8.12. The molecule has 2 bridgehead atoms. The van der Waals surface area contributed by atoms with Crippen LogP contribution in [0.4, 0.5) is 11.8 Å². The van der Waals surface area contributed by atoms with E-state index in [2.05, 4.69) is 36.2 Å². The Kier molecular flexibility index (Phi) is 9.84. The number of carbonyl (C=O) groups is 2. The minimum Gasteiger partial charge on any atom is -0.369 e. The molecule has 10 heteroatoms. The fourth-order valence-corrected chi connectivity index (χ4v) is 3.51. The van der Waals surface area contributed by atoms with Crippen LogP contribution in [0.3, 0.4) is 0 Å². The molecule has 2 aromatic heterocycles. The van der Waals surface area contributed by atoms with Crippen molar-refractivity contribution >= 4 is 23.6 Å². The fraction of sp³-hybridized carbons (Fsp3) is 0.522. The van der Waals surface area contributed by atoms with Crippen molar-refractivity contribution in [3.05, 3.63) is 41.9 Å². The van der Waals surface area contributed by atoms with Crippen LogP contribution in [0.1, 0.15) is 61.0 Å². The topological polar surface area (TPSA) is 147 Å². The summed E-state index contributed by atoms with van der Waals surface area (Å²) < 4.78 is 0. The molecule has 1 atom stereocenters. The van der Waals surface area contributed by atoms with Crippen LogP contribution in [0.2, 0.25) is 0 Å². The van der Waals surface area contributed by atoms with Gasteiger partial charge in [-0.3, -0.25) is 14.6 Å². The molecule has 0 saturated heterocycles. The average Bonchev–Trinajstić information content (AvgIpc) is 2.84. The average molecular weight is 455 g/mol. The Morgan fingerprint density at radius 1 is 1.00 bits per heavy atom. The van der Waals surface area contributed by atoms with E-state index in [9.17, 15) is 9.59 Å². The van der Waals surface area contributed by atoms with Crippen LogP contribution in [-0.4, -0.2) is 52.4 Å². The lowest BCUT2D eigenvalue weighted by Gasteiger charge is -2.15. The van der Waals surface area contributed by atoms with E-state index in [1.165, 1.54) is 0 Å². The Bertz CT molecular complexity index is 893. The quantitative estimate of drug-likeness (QED) is 0.472. The maximum absolute atomic E-state index is 12.8. The van der Waals surface area contributed by atoms with Gasteiger partial charge < -0.3 is 27.0 Å². The number of amides is 2. The van der Waals surface area contributed by atoms with Crippen molar-refractivity contribution in [3.8, 4) is 0 Å². The van der Waals surface area contributed by atoms with Gasteiger partial charge in [0.25, 0.3) is 5.91 Å². The molecule has 0 unspecified atom stereocenters. The molecular formula is C23H34N8O2. The highest BCUT2D eigenvalue weighted by Crippen LogP contribution is 2.15. The van der Waals surface area contributed by atoms with E-state index in [1.807, 2.05) is 18.2 Å². The zero-order chi connectivity index (χ0) is 23.3. The summed E-state index contributed by atoms with van der Waals surface area (Å²) in [5.74, 6) is 0.622. The molecule has 3 heterocycles. The van der Waals surface area contributed by atoms with Crippen LogP contribution in [0.5, 0.6) is 0 Å². The van der Waals surface area contributed by atoms with Crippen molar-refractivity contribution in [3.63, 3.8) is 0 Å². The van der Waals surface area contributed by atoms with Gasteiger partial charge in [-0.2, -0.15) is 4.98 Å². The summed E-state index contributed by atoms with van der Waals surface area (Å²) in [7, 11) is 0. The molecule has 10 nitrogen and oxygen atoms in total. The van der Waals surface area contributed by atoms with Crippen molar-refractivity contribution < 1.29 is 9.59 Å². The number of hydrogen-bond donors (Lipinski definition) is 5. The van der Waals surface area contributed by atoms with Gasteiger partial charge in [0.05, 0.1) is 18.3 Å². The standard InChI is InChI=1S/C23H34N8O2/c24-19-10-4-8-12-26-20-18(21(32)29-15-17-9-3-7-11-25-17)16-30-23(31-20)28-14-6-2-1-5-13-27-22(19)33/h3,7,9,11,16,19H,1-2,4-6,8,10,12-15,24H2,(H,27,33)(H,29,32)(H2,26,28,30,31)/t19-/m0/s1. The van der Waals surface area contributed by atoms with E-state index in [0.29, 0.717) is 43.4 Å². The van der Waals surface area contributed by atoms with E-state index in [4.69, 9.17) is 5.73 Å². The number of rotatable bonds is 3. The van der Waals surface area contributed by atoms with E-state index in [1.54, 1.807) is 12.4 Å². The Morgan fingerprint density at radius 3 is 2.55 bits per heavy atom. The van der Waals surface area contributed by atoms with Crippen LogP contribution in [-0.2, 0) is 11.3 Å². The minimum absolute atomic E-state index is 0.0851. The maximum Gasteiger partial charge on any atom is 0.256 e. The van der Waals surface area contributed by atoms with Gasteiger partial charge in [-0.1, -0.05) is 18.9 Å². The fourth-order valence-electron chi connectivity index (χ4n) is 3.51. The Labute approximate surface area is 194 Å². The first-order valence-corrected chi connectivity index (χ1v) is 11.7. The highest BCUT2D eigenvalue weighted by Gasteiger charge is 2.16. The van der Waals surface area contributed by atoms with Gasteiger partial charge in [-0.15, -0.1) is 0 Å². The third-order valence-corrected chi connectivity index (χ3v) is 5.45. The van der Waals surface area contributed by atoms with Crippen LogP contribution in [0.25, 0.3) is 0 Å². The largest absolute Gasteiger partial charge is 0.369 e. The van der Waals surface area contributed by atoms with Gasteiger partial charge in [0, 0.05) is 32.0 Å². The third kappa shape index (κ3) is 8.30. The Balaban J connectivity index is 1.65.